The Kier molecular flexibility index (Phi) is 5.96. The van der Waals surface area contributed by atoms with Crippen molar-refractivity contribution in [3.63, 3.8) is 0 Å². The molecule has 4 rings (SSSR count). The van der Waals surface area contributed by atoms with Gasteiger partial charge in [0.2, 0.25) is 0 Å². The van der Waals surface area contributed by atoms with Crippen LogP contribution in [0.3, 0.4) is 0 Å². The molecule has 0 radical (unpaired) electrons. The van der Waals surface area contributed by atoms with E-state index in [2.05, 4.69) is 20.8 Å². The van der Waals surface area contributed by atoms with E-state index in [0.717, 1.165) is 50.4 Å². The number of fused-ring (bicyclic) bond motifs is 4. The average Bonchev–Trinajstić information content (AvgIpc) is 3.05. The molecule has 0 aromatic rings. The van der Waals surface area contributed by atoms with E-state index in [1.165, 1.54) is 38.5 Å². The van der Waals surface area contributed by atoms with Crippen molar-refractivity contribution in [1.82, 2.24) is 0 Å². The van der Waals surface area contributed by atoms with Crippen LogP contribution in [-0.4, -0.2) is 16.9 Å². The van der Waals surface area contributed by atoms with E-state index in [4.69, 9.17) is 5.11 Å². The Balaban J connectivity index is 1.49. The molecule has 0 spiro atoms. The van der Waals surface area contributed by atoms with Crippen molar-refractivity contribution < 1.29 is 14.7 Å². The van der Waals surface area contributed by atoms with Crippen molar-refractivity contribution in [2.24, 2.45) is 40.4 Å². The number of aliphatic carboxylic acids is 1. The topological polar surface area (TPSA) is 54.4 Å². The van der Waals surface area contributed by atoms with Gasteiger partial charge in [0.25, 0.3) is 0 Å². The van der Waals surface area contributed by atoms with Crippen molar-refractivity contribution in [3.05, 3.63) is 11.1 Å². The van der Waals surface area contributed by atoms with E-state index in [1.54, 1.807) is 0 Å². The summed E-state index contributed by atoms with van der Waals surface area (Å²) < 4.78 is 0. The summed E-state index contributed by atoms with van der Waals surface area (Å²) in [5, 5.41) is 9.16. The third-order valence-corrected chi connectivity index (χ3v) is 10.3. The molecule has 1 N–H and O–H groups in total. The molecule has 0 aromatic heterocycles. The monoisotopic (exact) mass is 414 g/mol. The van der Waals surface area contributed by atoms with Gasteiger partial charge in [-0.15, -0.1) is 0 Å². The van der Waals surface area contributed by atoms with Gasteiger partial charge in [-0.25, -0.2) is 0 Å². The summed E-state index contributed by atoms with van der Waals surface area (Å²) in [6, 6.07) is 0. The highest BCUT2D eigenvalue weighted by molar-refractivity contribution is 5.79. The number of carbonyl (C=O) groups excluding carboxylic acids is 1. The largest absolute Gasteiger partial charge is 0.481 e. The Morgan fingerprint density at radius 2 is 1.83 bits per heavy atom. The van der Waals surface area contributed by atoms with Gasteiger partial charge in [-0.05, 0) is 85.9 Å². The van der Waals surface area contributed by atoms with Gasteiger partial charge in [-0.3, -0.25) is 9.59 Å². The fourth-order valence-electron chi connectivity index (χ4n) is 8.30. The lowest BCUT2D eigenvalue weighted by atomic mass is 9.49. The molecule has 0 saturated heterocycles. The molecule has 0 unspecified atom stereocenters. The molecule has 0 aromatic carbocycles. The lowest BCUT2D eigenvalue weighted by molar-refractivity contribution is -0.141. The quantitative estimate of drug-likeness (QED) is 0.486. The summed E-state index contributed by atoms with van der Waals surface area (Å²) in [6.45, 7) is 9.32. The summed E-state index contributed by atoms with van der Waals surface area (Å²) in [5.74, 6) is 2.38. The molecule has 168 valence electrons. The summed E-state index contributed by atoms with van der Waals surface area (Å²) in [4.78, 5) is 23.2. The van der Waals surface area contributed by atoms with Gasteiger partial charge in [0, 0.05) is 12.8 Å². The standard InChI is InChI=1S/C27H42O3/c1-17(6-5-7-18(2)25(29)30)22-10-11-23-21-9-8-19-16-20(28)12-14-26(19,3)24(21)13-15-27(22,23)4/h17-19,22,24H,5-16H2,1-4H3,(H,29,30)/t17-,18+,19+,22-,24+,26+,27-/m1/s1. The second-order valence-electron chi connectivity index (χ2n) is 11.8. The molecule has 0 heterocycles. The van der Waals surface area contributed by atoms with Crippen LogP contribution in [0.1, 0.15) is 105 Å². The number of carboxylic acids is 1. The van der Waals surface area contributed by atoms with Crippen LogP contribution in [-0.2, 0) is 9.59 Å². The first-order chi connectivity index (χ1) is 14.2. The normalized spacial score (nSPS) is 40.4. The number of hydrogen-bond donors (Lipinski definition) is 1. The number of hydrogen-bond acceptors (Lipinski definition) is 2. The molecule has 3 fully saturated rings. The number of carbonyl (C=O) groups is 2. The third kappa shape index (κ3) is 3.58. The number of Topliss-reactive ketones (excluding diaryl/α,β-unsaturated/α-hetero) is 1. The molecule has 4 aliphatic rings. The molecule has 0 aliphatic heterocycles. The van der Waals surface area contributed by atoms with Crippen molar-refractivity contribution in [1.29, 1.82) is 0 Å². The van der Waals surface area contributed by atoms with Gasteiger partial charge < -0.3 is 5.11 Å². The summed E-state index contributed by atoms with van der Waals surface area (Å²) >= 11 is 0. The Bertz CT molecular complexity index is 736. The lowest BCUT2D eigenvalue weighted by Crippen LogP contribution is -2.47. The second-order valence-corrected chi connectivity index (χ2v) is 11.8. The zero-order chi connectivity index (χ0) is 21.7. The second kappa shape index (κ2) is 8.10. The van der Waals surface area contributed by atoms with Crippen molar-refractivity contribution in [2.75, 3.05) is 0 Å². The van der Waals surface area contributed by atoms with Gasteiger partial charge in [0.05, 0.1) is 5.92 Å². The Morgan fingerprint density at radius 1 is 1.07 bits per heavy atom. The maximum absolute atomic E-state index is 12.1. The molecular weight excluding hydrogens is 372 g/mol. The Labute approximate surface area is 183 Å². The van der Waals surface area contributed by atoms with Crippen molar-refractivity contribution in [2.45, 2.75) is 105 Å². The van der Waals surface area contributed by atoms with Crippen LogP contribution >= 0.6 is 0 Å². The number of rotatable bonds is 6. The fraction of sp³-hybridized carbons (Fsp3) is 0.852. The molecule has 0 amide bonds. The molecule has 30 heavy (non-hydrogen) atoms. The molecule has 4 aliphatic carbocycles. The van der Waals surface area contributed by atoms with E-state index < -0.39 is 5.97 Å². The SMILES string of the molecule is C[C@H](CCC[C@H](C)C(=O)O)[C@H]1CCC2=C3CC[C@H]4CC(=O)CC[C@]4(C)[C@H]3CC[C@@]21C. The summed E-state index contributed by atoms with van der Waals surface area (Å²) in [6.07, 6.45) is 13.4. The first-order valence-corrected chi connectivity index (χ1v) is 12.6. The smallest absolute Gasteiger partial charge is 0.306 e. The van der Waals surface area contributed by atoms with Gasteiger partial charge in [-0.2, -0.15) is 0 Å². The molecular formula is C27H42O3. The van der Waals surface area contributed by atoms with Gasteiger partial charge in [0.1, 0.15) is 5.78 Å². The van der Waals surface area contributed by atoms with Gasteiger partial charge in [-0.1, -0.05) is 51.7 Å². The molecule has 3 heteroatoms. The minimum absolute atomic E-state index is 0.220. The van der Waals surface area contributed by atoms with E-state index in [1.807, 2.05) is 18.1 Å². The van der Waals surface area contributed by atoms with Crippen LogP contribution in [0.2, 0.25) is 0 Å². The van der Waals surface area contributed by atoms with Crippen LogP contribution in [0.5, 0.6) is 0 Å². The zero-order valence-corrected chi connectivity index (χ0v) is 19.6. The first-order valence-electron chi connectivity index (χ1n) is 12.6. The molecule has 7 atom stereocenters. The van der Waals surface area contributed by atoms with Crippen LogP contribution in [0.4, 0.5) is 0 Å². The highest BCUT2D eigenvalue weighted by Crippen LogP contribution is 2.65. The van der Waals surface area contributed by atoms with Crippen LogP contribution in [0, 0.1) is 40.4 Å². The summed E-state index contributed by atoms with van der Waals surface area (Å²) in [7, 11) is 0. The first kappa shape index (κ1) is 22.1. The maximum atomic E-state index is 12.1. The minimum Gasteiger partial charge on any atom is -0.481 e. The molecule has 0 bridgehead atoms. The average molecular weight is 415 g/mol. The van der Waals surface area contributed by atoms with Crippen LogP contribution < -0.4 is 0 Å². The van der Waals surface area contributed by atoms with Crippen LogP contribution in [0.25, 0.3) is 0 Å². The Morgan fingerprint density at radius 3 is 2.57 bits per heavy atom. The lowest BCUT2D eigenvalue weighted by Gasteiger charge is -2.56. The van der Waals surface area contributed by atoms with Crippen molar-refractivity contribution in [3.8, 4) is 0 Å². The van der Waals surface area contributed by atoms with E-state index in [0.29, 0.717) is 28.4 Å². The van der Waals surface area contributed by atoms with Gasteiger partial charge >= 0.3 is 5.97 Å². The van der Waals surface area contributed by atoms with E-state index in [-0.39, 0.29) is 5.92 Å². The van der Waals surface area contributed by atoms with E-state index >= 15 is 0 Å². The zero-order valence-electron chi connectivity index (χ0n) is 19.6. The molecule has 3 saturated carbocycles. The van der Waals surface area contributed by atoms with E-state index in [9.17, 15) is 9.59 Å². The Hall–Kier alpha value is -1.12. The highest BCUT2D eigenvalue weighted by Gasteiger charge is 2.55. The number of carboxylic acid groups (broad SMARTS) is 1. The predicted octanol–water partition coefficient (Wildman–Crippen LogP) is 6.81. The third-order valence-electron chi connectivity index (χ3n) is 10.3. The fourth-order valence-corrected chi connectivity index (χ4v) is 8.30. The highest BCUT2D eigenvalue weighted by atomic mass is 16.4. The minimum atomic E-state index is -0.658. The molecule has 3 nitrogen and oxygen atoms in total. The summed E-state index contributed by atoms with van der Waals surface area (Å²) in [5.41, 5.74) is 4.33. The van der Waals surface area contributed by atoms with Gasteiger partial charge in [0.15, 0.2) is 0 Å². The van der Waals surface area contributed by atoms with Crippen molar-refractivity contribution >= 4 is 11.8 Å². The number of ketones is 1. The maximum Gasteiger partial charge on any atom is 0.306 e. The number of allylic oxidation sites excluding steroid dienone is 2. The van der Waals surface area contributed by atoms with Crippen LogP contribution in [0.15, 0.2) is 11.1 Å². The predicted molar refractivity (Wildman–Crippen MR) is 120 cm³/mol.